The molecule has 1 aromatic carbocycles. The fourth-order valence-corrected chi connectivity index (χ4v) is 3.57. The van der Waals surface area contributed by atoms with Crippen LogP contribution in [-0.4, -0.2) is 21.8 Å². The first-order valence-corrected chi connectivity index (χ1v) is 10.5. The highest BCUT2D eigenvalue weighted by Gasteiger charge is 2.30. The third-order valence-corrected chi connectivity index (χ3v) is 5.58. The summed E-state index contributed by atoms with van der Waals surface area (Å²) in [5.74, 6) is 0.647. The summed E-state index contributed by atoms with van der Waals surface area (Å²) in [7, 11) is 1.69. The predicted molar refractivity (Wildman–Crippen MR) is 127 cm³/mol. The molecule has 34 heavy (non-hydrogen) atoms. The number of rotatable bonds is 6. The number of aromatic nitrogens is 3. The Kier molecular flexibility index (Phi) is 7.03. The van der Waals surface area contributed by atoms with E-state index >= 15 is 0 Å². The van der Waals surface area contributed by atoms with Crippen molar-refractivity contribution in [1.82, 2.24) is 14.8 Å². The van der Waals surface area contributed by atoms with Crippen molar-refractivity contribution >= 4 is 23.2 Å². The number of allylic oxidation sites excluding steroid dienone is 2. The Morgan fingerprint density at radius 1 is 1.32 bits per heavy atom. The maximum atomic E-state index is 12.8. The zero-order valence-corrected chi connectivity index (χ0v) is 19.5. The minimum atomic E-state index is -4.45. The first kappa shape index (κ1) is 24.9. The van der Waals surface area contributed by atoms with Crippen LogP contribution in [0, 0.1) is 18.3 Å². The molecule has 10 heteroatoms. The van der Waals surface area contributed by atoms with Gasteiger partial charge in [-0.05, 0) is 49.2 Å². The Hall–Kier alpha value is -3.77. The molecule has 0 atom stereocenters. The van der Waals surface area contributed by atoms with E-state index in [4.69, 9.17) is 22.6 Å². The van der Waals surface area contributed by atoms with Crippen LogP contribution in [0.15, 0.2) is 60.5 Å². The molecule has 0 fully saturated rings. The third-order valence-electron chi connectivity index (χ3n) is 5.27. The smallest absolute Gasteiger partial charge is 0.382 e. The molecule has 3 aromatic rings. The van der Waals surface area contributed by atoms with Crippen molar-refractivity contribution in [2.75, 3.05) is 17.7 Å². The van der Waals surface area contributed by atoms with Crippen molar-refractivity contribution in [3.8, 4) is 17.2 Å². The van der Waals surface area contributed by atoms with Gasteiger partial charge in [0.05, 0.1) is 22.7 Å². The Morgan fingerprint density at radius 2 is 2.03 bits per heavy atom. The second-order valence-electron chi connectivity index (χ2n) is 7.76. The summed E-state index contributed by atoms with van der Waals surface area (Å²) in [6, 6.07) is 9.37. The van der Waals surface area contributed by atoms with Crippen molar-refractivity contribution in [2.45, 2.75) is 26.6 Å². The van der Waals surface area contributed by atoms with Gasteiger partial charge in [-0.25, -0.2) is 4.98 Å². The summed E-state index contributed by atoms with van der Waals surface area (Å²) in [5, 5.41) is 13.9. The SMILES string of the molecule is C=C(C)/C(=C\N(C)c1ccc(C(F)(F)F)cn1)Cn1nc(N)c(-c2ccc(C#N)c(Cl)c2)c1C. The van der Waals surface area contributed by atoms with Gasteiger partial charge in [0.2, 0.25) is 0 Å². The van der Waals surface area contributed by atoms with Crippen LogP contribution in [-0.2, 0) is 12.7 Å². The molecule has 0 saturated heterocycles. The molecule has 0 radical (unpaired) electrons. The van der Waals surface area contributed by atoms with Crippen LogP contribution in [0.1, 0.15) is 23.7 Å². The number of hydrogen-bond donors (Lipinski definition) is 1. The molecule has 3 rings (SSSR count). The lowest BCUT2D eigenvalue weighted by Crippen LogP contribution is -2.15. The van der Waals surface area contributed by atoms with E-state index in [9.17, 15) is 13.2 Å². The van der Waals surface area contributed by atoms with E-state index in [0.717, 1.165) is 34.7 Å². The molecule has 0 aliphatic heterocycles. The van der Waals surface area contributed by atoms with Crippen molar-refractivity contribution in [2.24, 2.45) is 0 Å². The fraction of sp³-hybridized carbons (Fsp3) is 0.208. The van der Waals surface area contributed by atoms with E-state index in [2.05, 4.69) is 16.7 Å². The van der Waals surface area contributed by atoms with Crippen LogP contribution in [0.4, 0.5) is 24.8 Å². The summed E-state index contributed by atoms with van der Waals surface area (Å²) in [5.41, 5.74) is 9.48. The van der Waals surface area contributed by atoms with Gasteiger partial charge < -0.3 is 10.6 Å². The monoisotopic (exact) mass is 486 g/mol. The maximum absolute atomic E-state index is 12.8. The second-order valence-corrected chi connectivity index (χ2v) is 8.17. The average Bonchev–Trinajstić information content (AvgIpc) is 3.05. The van der Waals surface area contributed by atoms with Gasteiger partial charge >= 0.3 is 6.18 Å². The zero-order chi connectivity index (χ0) is 25.2. The topological polar surface area (TPSA) is 83.8 Å². The van der Waals surface area contributed by atoms with Crippen LogP contribution in [0.2, 0.25) is 5.02 Å². The van der Waals surface area contributed by atoms with Gasteiger partial charge in [-0.1, -0.05) is 29.8 Å². The van der Waals surface area contributed by atoms with E-state index < -0.39 is 11.7 Å². The Morgan fingerprint density at radius 3 is 2.56 bits per heavy atom. The van der Waals surface area contributed by atoms with Crippen LogP contribution in [0.3, 0.4) is 0 Å². The number of anilines is 2. The summed E-state index contributed by atoms with van der Waals surface area (Å²) in [6.45, 7) is 8.01. The number of nitrogens with two attached hydrogens (primary N) is 1. The number of benzene rings is 1. The predicted octanol–water partition coefficient (Wildman–Crippen LogP) is 5.98. The molecule has 2 aromatic heterocycles. The van der Waals surface area contributed by atoms with Crippen molar-refractivity contribution in [3.05, 3.63) is 82.3 Å². The van der Waals surface area contributed by atoms with Gasteiger partial charge in [0, 0.05) is 30.7 Å². The highest BCUT2D eigenvalue weighted by Crippen LogP contribution is 2.33. The van der Waals surface area contributed by atoms with Gasteiger partial charge in [0.25, 0.3) is 0 Å². The third kappa shape index (κ3) is 5.24. The molecule has 2 heterocycles. The summed E-state index contributed by atoms with van der Waals surface area (Å²) >= 11 is 6.18. The molecule has 0 aliphatic rings. The van der Waals surface area contributed by atoms with Crippen molar-refractivity contribution < 1.29 is 13.2 Å². The number of halogens is 4. The largest absolute Gasteiger partial charge is 0.417 e. The van der Waals surface area contributed by atoms with Crippen LogP contribution < -0.4 is 10.6 Å². The molecule has 0 unspecified atom stereocenters. The average molecular weight is 487 g/mol. The summed E-state index contributed by atoms with van der Waals surface area (Å²) in [6.07, 6.45) is -1.90. The maximum Gasteiger partial charge on any atom is 0.417 e. The molecular formula is C24H22ClF3N6. The van der Waals surface area contributed by atoms with Gasteiger partial charge in [0.1, 0.15) is 11.9 Å². The lowest BCUT2D eigenvalue weighted by atomic mass is 10.0. The number of alkyl halides is 3. The highest BCUT2D eigenvalue weighted by atomic mass is 35.5. The lowest BCUT2D eigenvalue weighted by Gasteiger charge is -2.18. The van der Waals surface area contributed by atoms with E-state index in [1.165, 1.54) is 6.07 Å². The van der Waals surface area contributed by atoms with Crippen LogP contribution >= 0.6 is 11.6 Å². The fourth-order valence-electron chi connectivity index (χ4n) is 3.35. The molecule has 0 amide bonds. The van der Waals surface area contributed by atoms with Gasteiger partial charge in [-0.2, -0.15) is 23.5 Å². The number of nitrogen functional groups attached to an aromatic ring is 1. The van der Waals surface area contributed by atoms with Crippen LogP contribution in [0.5, 0.6) is 0 Å². The minimum absolute atomic E-state index is 0.303. The zero-order valence-electron chi connectivity index (χ0n) is 18.8. The molecule has 0 aliphatic carbocycles. The van der Waals surface area contributed by atoms with Gasteiger partial charge in [0.15, 0.2) is 5.82 Å². The Labute approximate surface area is 200 Å². The Bertz CT molecular complexity index is 1300. The molecular weight excluding hydrogens is 465 g/mol. The number of pyridine rings is 1. The standard InChI is InChI=1S/C24H22ClF3N6/c1-14(2)18(12-33(4)21-8-7-19(11-31-21)24(26,27)28)13-34-15(3)22(23(30)32-34)16-5-6-17(10-29)20(25)9-16/h5-9,11-12H,1,13H2,2-4H3,(H2,30,32)/b18-12-. The van der Waals surface area contributed by atoms with Gasteiger partial charge in [-0.15, -0.1) is 0 Å². The van der Waals surface area contributed by atoms with Crippen LogP contribution in [0.25, 0.3) is 11.1 Å². The minimum Gasteiger partial charge on any atom is -0.382 e. The van der Waals surface area contributed by atoms with Gasteiger partial charge in [-0.3, -0.25) is 4.68 Å². The molecule has 0 bridgehead atoms. The number of nitrogens with zero attached hydrogens (tertiary/aromatic N) is 5. The first-order chi connectivity index (χ1) is 15.9. The summed E-state index contributed by atoms with van der Waals surface area (Å²) in [4.78, 5) is 5.53. The normalized spacial score (nSPS) is 11.9. The lowest BCUT2D eigenvalue weighted by molar-refractivity contribution is -0.137. The van der Waals surface area contributed by atoms with E-state index in [-0.39, 0.29) is 0 Å². The number of nitriles is 1. The van der Waals surface area contributed by atoms with Crippen molar-refractivity contribution in [3.63, 3.8) is 0 Å². The molecule has 6 nitrogen and oxygen atoms in total. The van der Waals surface area contributed by atoms with Crippen molar-refractivity contribution in [1.29, 1.82) is 5.26 Å². The van der Waals surface area contributed by atoms with E-state index in [1.54, 1.807) is 41.0 Å². The molecule has 2 N–H and O–H groups in total. The highest BCUT2D eigenvalue weighted by molar-refractivity contribution is 6.32. The summed E-state index contributed by atoms with van der Waals surface area (Å²) < 4.78 is 40.2. The quantitative estimate of drug-likeness (QED) is 0.433. The van der Waals surface area contributed by atoms with E-state index in [0.29, 0.717) is 34.3 Å². The first-order valence-electron chi connectivity index (χ1n) is 10.1. The Balaban J connectivity index is 1.91. The molecule has 176 valence electrons. The number of hydrogen-bond acceptors (Lipinski definition) is 5. The molecule has 0 spiro atoms. The second kappa shape index (κ2) is 9.61. The van der Waals surface area contributed by atoms with E-state index in [1.807, 2.05) is 19.9 Å². The molecule has 0 saturated carbocycles.